The van der Waals surface area contributed by atoms with Crippen LogP contribution in [-0.4, -0.2) is 18.3 Å². The molecule has 0 radical (unpaired) electrons. The van der Waals surface area contributed by atoms with E-state index in [4.69, 9.17) is 23.2 Å². The average molecular weight is 316 g/mol. The van der Waals surface area contributed by atoms with Crippen molar-refractivity contribution in [2.24, 2.45) is 11.8 Å². The molecule has 1 fully saturated rings. The number of hydrogen-bond acceptors (Lipinski definition) is 2. The summed E-state index contributed by atoms with van der Waals surface area (Å²) in [5.41, 5.74) is 1.04. The van der Waals surface area contributed by atoms with Crippen molar-refractivity contribution < 1.29 is 5.11 Å². The SMILES string of the molecule is CC(NCC1CCCCC1CO)c1cc(Cl)ccc1Cl. The summed E-state index contributed by atoms with van der Waals surface area (Å²) in [6.07, 6.45) is 4.87. The fourth-order valence-electron chi connectivity index (χ4n) is 3.08. The molecule has 0 bridgehead atoms. The van der Waals surface area contributed by atoms with E-state index >= 15 is 0 Å². The molecule has 0 spiro atoms. The van der Waals surface area contributed by atoms with Crippen LogP contribution >= 0.6 is 23.2 Å². The quantitative estimate of drug-likeness (QED) is 0.841. The van der Waals surface area contributed by atoms with Crippen molar-refractivity contribution in [1.82, 2.24) is 5.32 Å². The molecule has 1 aromatic rings. The van der Waals surface area contributed by atoms with E-state index in [1.807, 2.05) is 18.2 Å². The lowest BCUT2D eigenvalue weighted by molar-refractivity contribution is 0.131. The van der Waals surface area contributed by atoms with E-state index in [0.29, 0.717) is 23.5 Å². The van der Waals surface area contributed by atoms with Gasteiger partial charge in [0.2, 0.25) is 0 Å². The standard InChI is InChI=1S/C16H23Cl2NO/c1-11(15-8-14(17)6-7-16(15)18)19-9-12-4-2-3-5-13(12)10-20/h6-8,11-13,19-20H,2-5,9-10H2,1H3. The predicted octanol–water partition coefficient (Wildman–Crippen LogP) is 4.44. The molecule has 2 N–H and O–H groups in total. The van der Waals surface area contributed by atoms with Crippen LogP contribution in [0.15, 0.2) is 18.2 Å². The third kappa shape index (κ3) is 4.11. The summed E-state index contributed by atoms with van der Waals surface area (Å²) in [5, 5.41) is 14.5. The third-order valence-corrected chi connectivity index (χ3v) is 4.99. The third-order valence-electron chi connectivity index (χ3n) is 4.41. The van der Waals surface area contributed by atoms with Gasteiger partial charge in [0, 0.05) is 22.7 Å². The molecular weight excluding hydrogens is 293 g/mol. The fraction of sp³-hybridized carbons (Fsp3) is 0.625. The molecule has 1 aliphatic rings. The maximum atomic E-state index is 9.46. The van der Waals surface area contributed by atoms with Crippen molar-refractivity contribution in [3.8, 4) is 0 Å². The summed E-state index contributed by atoms with van der Waals surface area (Å²) in [7, 11) is 0. The number of nitrogens with one attached hydrogen (secondary N) is 1. The topological polar surface area (TPSA) is 32.3 Å². The molecule has 3 atom stereocenters. The minimum absolute atomic E-state index is 0.169. The lowest BCUT2D eigenvalue weighted by Crippen LogP contribution is -2.33. The van der Waals surface area contributed by atoms with Crippen molar-refractivity contribution in [2.75, 3.05) is 13.2 Å². The first-order chi connectivity index (χ1) is 9.61. The van der Waals surface area contributed by atoms with Gasteiger partial charge in [-0.15, -0.1) is 0 Å². The molecule has 1 saturated carbocycles. The summed E-state index contributed by atoms with van der Waals surface area (Å²) < 4.78 is 0. The molecule has 0 aromatic heterocycles. The second kappa shape index (κ2) is 7.65. The van der Waals surface area contributed by atoms with Crippen LogP contribution < -0.4 is 5.32 Å². The van der Waals surface area contributed by atoms with Gasteiger partial charge in [0.25, 0.3) is 0 Å². The molecule has 2 rings (SSSR count). The number of halogens is 2. The van der Waals surface area contributed by atoms with Gasteiger partial charge >= 0.3 is 0 Å². The van der Waals surface area contributed by atoms with Crippen LogP contribution in [0.5, 0.6) is 0 Å². The van der Waals surface area contributed by atoms with Gasteiger partial charge in [-0.1, -0.05) is 36.0 Å². The first-order valence-electron chi connectivity index (χ1n) is 7.41. The van der Waals surface area contributed by atoms with Crippen molar-refractivity contribution in [1.29, 1.82) is 0 Å². The van der Waals surface area contributed by atoms with E-state index in [9.17, 15) is 5.11 Å². The monoisotopic (exact) mass is 315 g/mol. The van der Waals surface area contributed by atoms with Crippen LogP contribution in [0.3, 0.4) is 0 Å². The Balaban J connectivity index is 1.94. The lowest BCUT2D eigenvalue weighted by atomic mass is 9.79. The molecule has 1 aromatic carbocycles. The predicted molar refractivity (Wildman–Crippen MR) is 85.4 cm³/mol. The van der Waals surface area contributed by atoms with E-state index in [1.54, 1.807) is 0 Å². The summed E-state index contributed by atoms with van der Waals surface area (Å²) in [4.78, 5) is 0. The molecule has 0 heterocycles. The van der Waals surface area contributed by atoms with E-state index < -0.39 is 0 Å². The smallest absolute Gasteiger partial charge is 0.0462 e. The summed E-state index contributed by atoms with van der Waals surface area (Å²) >= 11 is 12.3. The Kier molecular flexibility index (Phi) is 6.16. The number of aliphatic hydroxyl groups is 1. The van der Waals surface area contributed by atoms with Crippen LogP contribution in [0.2, 0.25) is 10.0 Å². The van der Waals surface area contributed by atoms with Crippen molar-refractivity contribution in [3.05, 3.63) is 33.8 Å². The fourth-order valence-corrected chi connectivity index (χ4v) is 3.54. The Morgan fingerprint density at radius 3 is 2.65 bits per heavy atom. The number of hydrogen-bond donors (Lipinski definition) is 2. The molecular formula is C16H23Cl2NO. The molecule has 0 aliphatic heterocycles. The minimum atomic E-state index is 0.169. The van der Waals surface area contributed by atoms with Gasteiger partial charge in [-0.2, -0.15) is 0 Å². The second-order valence-corrected chi connectivity index (χ2v) is 6.63. The van der Waals surface area contributed by atoms with Crippen molar-refractivity contribution in [3.63, 3.8) is 0 Å². The van der Waals surface area contributed by atoms with Gasteiger partial charge in [-0.25, -0.2) is 0 Å². The molecule has 0 amide bonds. The van der Waals surface area contributed by atoms with Gasteiger partial charge in [0.15, 0.2) is 0 Å². The lowest BCUT2D eigenvalue weighted by Gasteiger charge is -2.31. The summed E-state index contributed by atoms with van der Waals surface area (Å²) in [6, 6.07) is 5.74. The van der Waals surface area contributed by atoms with E-state index in [-0.39, 0.29) is 6.04 Å². The first kappa shape index (κ1) is 16.1. The van der Waals surface area contributed by atoms with Crippen LogP contribution in [0, 0.1) is 11.8 Å². The highest BCUT2D eigenvalue weighted by atomic mass is 35.5. The summed E-state index contributed by atoms with van der Waals surface area (Å²) in [5.74, 6) is 1.01. The highest BCUT2D eigenvalue weighted by Crippen LogP contribution is 2.31. The minimum Gasteiger partial charge on any atom is -0.396 e. The number of rotatable bonds is 5. The maximum Gasteiger partial charge on any atom is 0.0462 e. The Bertz CT molecular complexity index is 438. The van der Waals surface area contributed by atoms with Crippen LogP contribution in [0.1, 0.15) is 44.2 Å². The normalized spacial score (nSPS) is 24.6. The number of aliphatic hydroxyl groups excluding tert-OH is 1. The van der Waals surface area contributed by atoms with Crippen molar-refractivity contribution >= 4 is 23.2 Å². The molecule has 1 aliphatic carbocycles. The highest BCUT2D eigenvalue weighted by molar-refractivity contribution is 6.33. The molecule has 0 saturated heterocycles. The van der Waals surface area contributed by atoms with Crippen LogP contribution in [-0.2, 0) is 0 Å². The Labute approximate surface area is 131 Å². The zero-order valence-corrected chi connectivity index (χ0v) is 13.4. The van der Waals surface area contributed by atoms with Gasteiger partial charge in [-0.3, -0.25) is 0 Å². The average Bonchev–Trinajstić information content (AvgIpc) is 2.47. The van der Waals surface area contributed by atoms with E-state index in [2.05, 4.69) is 12.2 Å². The van der Waals surface area contributed by atoms with Gasteiger partial charge in [0.05, 0.1) is 0 Å². The van der Waals surface area contributed by atoms with Gasteiger partial charge in [0.1, 0.15) is 0 Å². The van der Waals surface area contributed by atoms with Crippen molar-refractivity contribution in [2.45, 2.75) is 38.6 Å². The maximum absolute atomic E-state index is 9.46. The molecule has 3 unspecified atom stereocenters. The Morgan fingerprint density at radius 1 is 1.25 bits per heavy atom. The highest BCUT2D eigenvalue weighted by Gasteiger charge is 2.24. The van der Waals surface area contributed by atoms with Gasteiger partial charge in [-0.05, 0) is 61.9 Å². The molecule has 112 valence electrons. The first-order valence-corrected chi connectivity index (χ1v) is 8.16. The molecule has 4 heteroatoms. The molecule has 2 nitrogen and oxygen atoms in total. The zero-order valence-electron chi connectivity index (χ0n) is 11.9. The van der Waals surface area contributed by atoms with Crippen LogP contribution in [0.25, 0.3) is 0 Å². The largest absolute Gasteiger partial charge is 0.396 e. The van der Waals surface area contributed by atoms with Gasteiger partial charge < -0.3 is 10.4 Å². The zero-order chi connectivity index (χ0) is 14.5. The van der Waals surface area contributed by atoms with E-state index in [0.717, 1.165) is 23.6 Å². The Hall–Kier alpha value is -0.280. The second-order valence-electron chi connectivity index (χ2n) is 5.78. The van der Waals surface area contributed by atoms with E-state index in [1.165, 1.54) is 19.3 Å². The molecule has 20 heavy (non-hydrogen) atoms. The summed E-state index contributed by atoms with van der Waals surface area (Å²) in [6.45, 7) is 3.34. The van der Waals surface area contributed by atoms with Crippen LogP contribution in [0.4, 0.5) is 0 Å². The Morgan fingerprint density at radius 2 is 1.95 bits per heavy atom. The number of benzene rings is 1.